The molecule has 1 aromatic heterocycles. The Hall–Kier alpha value is -1.62. The molecule has 0 aromatic carbocycles. The lowest BCUT2D eigenvalue weighted by atomic mass is 10.1. The van der Waals surface area contributed by atoms with E-state index in [9.17, 15) is 9.59 Å². The van der Waals surface area contributed by atoms with Crippen LogP contribution in [0.2, 0.25) is 5.15 Å². The van der Waals surface area contributed by atoms with Gasteiger partial charge in [0.2, 0.25) is 5.91 Å². The van der Waals surface area contributed by atoms with E-state index in [-0.39, 0.29) is 18.9 Å². The van der Waals surface area contributed by atoms with E-state index < -0.39 is 11.9 Å². The number of anilines is 1. The first-order valence-corrected chi connectivity index (χ1v) is 5.52. The number of aromatic nitrogens is 1. The fourth-order valence-corrected chi connectivity index (χ4v) is 1.92. The van der Waals surface area contributed by atoms with Gasteiger partial charge in [0.05, 0.1) is 17.8 Å². The molecular formula is C11H11ClN2O3. The molecule has 1 aliphatic heterocycles. The topological polar surface area (TPSA) is 70.5 Å². The lowest BCUT2D eigenvalue weighted by molar-refractivity contribution is -0.141. The molecule has 0 aliphatic carbocycles. The predicted molar refractivity (Wildman–Crippen MR) is 62.1 cm³/mol. The van der Waals surface area contributed by atoms with Gasteiger partial charge in [-0.1, -0.05) is 11.6 Å². The molecule has 6 heteroatoms. The molecule has 1 N–H and O–H groups in total. The average Bonchev–Trinajstić information content (AvgIpc) is 2.65. The van der Waals surface area contributed by atoms with Crippen molar-refractivity contribution in [3.05, 3.63) is 23.0 Å². The fraction of sp³-hybridized carbons (Fsp3) is 0.364. The van der Waals surface area contributed by atoms with Crippen molar-refractivity contribution in [2.45, 2.75) is 13.3 Å². The van der Waals surface area contributed by atoms with Crippen LogP contribution in [0.3, 0.4) is 0 Å². The minimum Gasteiger partial charge on any atom is -0.481 e. The first-order valence-electron chi connectivity index (χ1n) is 5.14. The van der Waals surface area contributed by atoms with Gasteiger partial charge in [0.1, 0.15) is 5.15 Å². The van der Waals surface area contributed by atoms with E-state index in [0.717, 1.165) is 5.56 Å². The number of hydrogen-bond donors (Lipinski definition) is 1. The summed E-state index contributed by atoms with van der Waals surface area (Å²) in [6.45, 7) is 1.98. The number of carboxylic acid groups (broad SMARTS) is 1. The Morgan fingerprint density at radius 2 is 2.35 bits per heavy atom. The lowest BCUT2D eigenvalue weighted by Gasteiger charge is -2.16. The van der Waals surface area contributed by atoms with E-state index >= 15 is 0 Å². The Morgan fingerprint density at radius 1 is 1.65 bits per heavy atom. The van der Waals surface area contributed by atoms with Crippen LogP contribution in [-0.2, 0) is 9.59 Å². The molecular weight excluding hydrogens is 244 g/mol. The third-order valence-electron chi connectivity index (χ3n) is 2.79. The highest BCUT2D eigenvalue weighted by molar-refractivity contribution is 6.30. The highest BCUT2D eigenvalue weighted by Crippen LogP contribution is 2.26. The molecule has 0 bridgehead atoms. The summed E-state index contributed by atoms with van der Waals surface area (Å²) in [5.41, 5.74) is 1.36. The van der Waals surface area contributed by atoms with Crippen molar-refractivity contribution >= 4 is 29.2 Å². The Bertz CT molecular complexity index is 490. The minimum absolute atomic E-state index is 0.0387. The van der Waals surface area contributed by atoms with Crippen molar-refractivity contribution in [1.82, 2.24) is 4.98 Å². The van der Waals surface area contributed by atoms with Crippen LogP contribution < -0.4 is 4.90 Å². The van der Waals surface area contributed by atoms with Crippen molar-refractivity contribution in [2.24, 2.45) is 5.92 Å². The second-order valence-electron chi connectivity index (χ2n) is 4.04. The van der Waals surface area contributed by atoms with E-state index in [1.807, 2.05) is 0 Å². The molecule has 0 radical (unpaired) electrons. The number of hydrogen-bond acceptors (Lipinski definition) is 3. The molecule has 5 nitrogen and oxygen atoms in total. The number of nitrogens with zero attached hydrogens (tertiary/aromatic N) is 2. The van der Waals surface area contributed by atoms with E-state index in [4.69, 9.17) is 16.7 Å². The number of halogens is 1. The van der Waals surface area contributed by atoms with Gasteiger partial charge in [-0.2, -0.15) is 0 Å². The highest BCUT2D eigenvalue weighted by Gasteiger charge is 2.35. The SMILES string of the molecule is Cc1cc(N2CC(C(=O)O)CC2=O)cnc1Cl. The number of carbonyl (C=O) groups is 2. The smallest absolute Gasteiger partial charge is 0.308 e. The van der Waals surface area contributed by atoms with Crippen LogP contribution in [-0.4, -0.2) is 28.5 Å². The van der Waals surface area contributed by atoms with Crippen LogP contribution in [0.1, 0.15) is 12.0 Å². The number of aliphatic carboxylic acids is 1. The summed E-state index contributed by atoms with van der Waals surface area (Å²) in [7, 11) is 0. The summed E-state index contributed by atoms with van der Waals surface area (Å²) < 4.78 is 0. The standard InChI is InChI=1S/C11H11ClN2O3/c1-6-2-8(4-13-10(6)12)14-5-7(11(16)17)3-9(14)15/h2,4,7H,3,5H2,1H3,(H,16,17). The van der Waals surface area contributed by atoms with Gasteiger partial charge in [-0.15, -0.1) is 0 Å². The second-order valence-corrected chi connectivity index (χ2v) is 4.40. The third-order valence-corrected chi connectivity index (χ3v) is 3.18. The normalized spacial score (nSPS) is 19.8. The molecule has 0 saturated carbocycles. The molecule has 90 valence electrons. The Labute approximate surface area is 103 Å². The largest absolute Gasteiger partial charge is 0.481 e. The maximum atomic E-state index is 11.7. The van der Waals surface area contributed by atoms with Gasteiger partial charge >= 0.3 is 5.97 Å². The van der Waals surface area contributed by atoms with Crippen LogP contribution in [0.5, 0.6) is 0 Å². The summed E-state index contributed by atoms with van der Waals surface area (Å²) >= 11 is 5.79. The van der Waals surface area contributed by atoms with E-state index in [1.165, 1.54) is 11.1 Å². The first-order chi connectivity index (χ1) is 7.99. The molecule has 17 heavy (non-hydrogen) atoms. The van der Waals surface area contributed by atoms with Crippen molar-refractivity contribution < 1.29 is 14.7 Å². The monoisotopic (exact) mass is 254 g/mol. The summed E-state index contributed by atoms with van der Waals surface area (Å²) in [6.07, 6.45) is 1.52. The maximum absolute atomic E-state index is 11.7. The number of pyridine rings is 1. The zero-order valence-corrected chi connectivity index (χ0v) is 9.94. The summed E-state index contributed by atoms with van der Waals surface area (Å²) in [4.78, 5) is 27.9. The Morgan fingerprint density at radius 3 is 2.88 bits per heavy atom. The number of aryl methyl sites for hydroxylation is 1. The lowest BCUT2D eigenvalue weighted by Crippen LogP contribution is -2.25. The van der Waals surface area contributed by atoms with Crippen LogP contribution in [0.25, 0.3) is 0 Å². The van der Waals surface area contributed by atoms with Gasteiger partial charge in [0.15, 0.2) is 0 Å². The molecule has 1 saturated heterocycles. The van der Waals surface area contributed by atoms with Gasteiger partial charge in [-0.05, 0) is 18.6 Å². The van der Waals surface area contributed by atoms with Crippen LogP contribution in [0.4, 0.5) is 5.69 Å². The summed E-state index contributed by atoms with van der Waals surface area (Å²) in [6, 6.07) is 1.73. The average molecular weight is 255 g/mol. The Kier molecular flexibility index (Phi) is 3.02. The molecule has 1 unspecified atom stereocenters. The van der Waals surface area contributed by atoms with Gasteiger partial charge < -0.3 is 10.0 Å². The number of carbonyl (C=O) groups excluding carboxylic acids is 1. The van der Waals surface area contributed by atoms with E-state index in [1.54, 1.807) is 13.0 Å². The zero-order valence-electron chi connectivity index (χ0n) is 9.18. The van der Waals surface area contributed by atoms with Crippen molar-refractivity contribution in [1.29, 1.82) is 0 Å². The molecule has 1 amide bonds. The molecule has 1 aromatic rings. The molecule has 1 fully saturated rings. The number of rotatable bonds is 2. The highest BCUT2D eigenvalue weighted by atomic mass is 35.5. The second kappa shape index (κ2) is 4.33. The summed E-state index contributed by atoms with van der Waals surface area (Å²) in [5, 5.41) is 9.26. The summed E-state index contributed by atoms with van der Waals surface area (Å²) in [5.74, 6) is -1.78. The van der Waals surface area contributed by atoms with E-state index in [0.29, 0.717) is 10.8 Å². The van der Waals surface area contributed by atoms with Gasteiger partial charge in [-0.25, -0.2) is 4.98 Å². The van der Waals surface area contributed by atoms with Gasteiger partial charge in [0.25, 0.3) is 0 Å². The van der Waals surface area contributed by atoms with E-state index in [2.05, 4.69) is 4.98 Å². The van der Waals surface area contributed by atoms with Crippen LogP contribution in [0.15, 0.2) is 12.3 Å². The zero-order chi connectivity index (χ0) is 12.6. The predicted octanol–water partition coefficient (Wildman–Crippen LogP) is 1.48. The van der Waals surface area contributed by atoms with Crippen molar-refractivity contribution in [3.8, 4) is 0 Å². The van der Waals surface area contributed by atoms with Gasteiger partial charge in [-0.3, -0.25) is 9.59 Å². The molecule has 1 aliphatic rings. The molecule has 0 spiro atoms. The quantitative estimate of drug-likeness (QED) is 0.812. The fourth-order valence-electron chi connectivity index (χ4n) is 1.81. The molecule has 2 rings (SSSR count). The Balaban J connectivity index is 2.26. The molecule has 1 atom stereocenters. The third kappa shape index (κ3) is 2.24. The van der Waals surface area contributed by atoms with Crippen LogP contribution >= 0.6 is 11.6 Å². The van der Waals surface area contributed by atoms with Crippen molar-refractivity contribution in [2.75, 3.05) is 11.4 Å². The number of carboxylic acids is 1. The maximum Gasteiger partial charge on any atom is 0.308 e. The van der Waals surface area contributed by atoms with Gasteiger partial charge in [0, 0.05) is 13.0 Å². The number of amides is 1. The molecule has 2 heterocycles. The minimum atomic E-state index is -0.945. The van der Waals surface area contributed by atoms with Crippen molar-refractivity contribution in [3.63, 3.8) is 0 Å². The van der Waals surface area contributed by atoms with Crippen LogP contribution in [0, 0.1) is 12.8 Å². The first kappa shape index (κ1) is 11.9.